The SMILES string of the molecule is CCOc1ccccc1CNC(=O)Nc1ccc(-c2noc(CC)n2)cc1. The predicted octanol–water partition coefficient (Wildman–Crippen LogP) is 4.02. The normalized spacial score (nSPS) is 10.4. The molecule has 3 rings (SSSR count). The lowest BCUT2D eigenvalue weighted by molar-refractivity contribution is 0.251. The molecule has 1 aromatic heterocycles. The summed E-state index contributed by atoms with van der Waals surface area (Å²) in [6.07, 6.45) is 0.694. The van der Waals surface area contributed by atoms with E-state index in [1.165, 1.54) is 0 Å². The molecule has 1 heterocycles. The zero-order chi connectivity index (χ0) is 19.1. The first kappa shape index (κ1) is 18.4. The molecule has 0 unspecified atom stereocenters. The van der Waals surface area contributed by atoms with Crippen LogP contribution in [-0.2, 0) is 13.0 Å². The Hall–Kier alpha value is -3.35. The van der Waals surface area contributed by atoms with Crippen molar-refractivity contribution in [3.05, 3.63) is 60.0 Å². The molecule has 0 saturated heterocycles. The van der Waals surface area contributed by atoms with E-state index in [2.05, 4.69) is 20.8 Å². The van der Waals surface area contributed by atoms with Crippen LogP contribution >= 0.6 is 0 Å². The summed E-state index contributed by atoms with van der Waals surface area (Å²) in [6.45, 7) is 4.84. The van der Waals surface area contributed by atoms with Crippen molar-refractivity contribution >= 4 is 11.7 Å². The van der Waals surface area contributed by atoms with Crippen molar-refractivity contribution in [3.63, 3.8) is 0 Å². The third-order valence-corrected chi connectivity index (χ3v) is 3.88. The van der Waals surface area contributed by atoms with Gasteiger partial charge in [0.2, 0.25) is 11.7 Å². The van der Waals surface area contributed by atoms with E-state index in [1.807, 2.05) is 50.2 Å². The molecule has 0 bridgehead atoms. The fourth-order valence-corrected chi connectivity index (χ4v) is 2.52. The second-order valence-corrected chi connectivity index (χ2v) is 5.79. The van der Waals surface area contributed by atoms with Gasteiger partial charge in [0.1, 0.15) is 5.75 Å². The van der Waals surface area contributed by atoms with Gasteiger partial charge < -0.3 is 19.9 Å². The van der Waals surface area contributed by atoms with E-state index < -0.39 is 0 Å². The molecule has 0 radical (unpaired) electrons. The molecule has 0 fully saturated rings. The van der Waals surface area contributed by atoms with Crippen molar-refractivity contribution in [3.8, 4) is 17.1 Å². The van der Waals surface area contributed by atoms with Crippen molar-refractivity contribution in [2.24, 2.45) is 0 Å². The lowest BCUT2D eigenvalue weighted by Crippen LogP contribution is -2.28. The van der Waals surface area contributed by atoms with Gasteiger partial charge >= 0.3 is 6.03 Å². The minimum atomic E-state index is -0.290. The van der Waals surface area contributed by atoms with Crippen LogP contribution < -0.4 is 15.4 Å². The maximum atomic E-state index is 12.1. The topological polar surface area (TPSA) is 89.3 Å². The van der Waals surface area contributed by atoms with Crippen molar-refractivity contribution in [2.75, 3.05) is 11.9 Å². The van der Waals surface area contributed by atoms with Gasteiger partial charge in [0.25, 0.3) is 0 Å². The van der Waals surface area contributed by atoms with E-state index in [4.69, 9.17) is 9.26 Å². The molecule has 0 saturated carbocycles. The number of para-hydroxylation sites is 1. The van der Waals surface area contributed by atoms with Gasteiger partial charge in [-0.05, 0) is 37.3 Å². The average Bonchev–Trinajstić information content (AvgIpc) is 3.17. The Labute approximate surface area is 157 Å². The molecule has 0 aliphatic heterocycles. The summed E-state index contributed by atoms with van der Waals surface area (Å²) in [7, 11) is 0. The number of aryl methyl sites for hydroxylation is 1. The first-order valence-electron chi connectivity index (χ1n) is 8.88. The number of carbonyl (C=O) groups excluding carboxylic acids is 1. The number of aromatic nitrogens is 2. The van der Waals surface area contributed by atoms with Crippen LogP contribution in [0, 0.1) is 0 Å². The van der Waals surface area contributed by atoms with Gasteiger partial charge in [-0.15, -0.1) is 0 Å². The number of hydrogen-bond acceptors (Lipinski definition) is 5. The van der Waals surface area contributed by atoms with Gasteiger partial charge in [0, 0.05) is 29.8 Å². The first-order chi connectivity index (χ1) is 13.2. The molecule has 7 heteroatoms. The van der Waals surface area contributed by atoms with Gasteiger partial charge in [-0.3, -0.25) is 0 Å². The third-order valence-electron chi connectivity index (χ3n) is 3.88. The van der Waals surface area contributed by atoms with E-state index in [-0.39, 0.29) is 6.03 Å². The van der Waals surface area contributed by atoms with Crippen molar-refractivity contribution < 1.29 is 14.1 Å². The Bertz CT molecular complexity index is 890. The average molecular weight is 366 g/mol. The Kier molecular flexibility index (Phi) is 6.04. The Morgan fingerprint density at radius 3 is 2.59 bits per heavy atom. The number of nitrogens with one attached hydrogen (secondary N) is 2. The maximum absolute atomic E-state index is 12.1. The molecule has 7 nitrogen and oxygen atoms in total. The zero-order valence-corrected chi connectivity index (χ0v) is 15.4. The summed E-state index contributed by atoms with van der Waals surface area (Å²) in [5.41, 5.74) is 2.43. The zero-order valence-electron chi connectivity index (χ0n) is 15.4. The van der Waals surface area contributed by atoms with E-state index >= 15 is 0 Å². The largest absolute Gasteiger partial charge is 0.494 e. The molecule has 2 N–H and O–H groups in total. The highest BCUT2D eigenvalue weighted by Crippen LogP contribution is 2.19. The smallest absolute Gasteiger partial charge is 0.319 e. The molecule has 2 amide bonds. The summed E-state index contributed by atoms with van der Waals surface area (Å²) >= 11 is 0. The monoisotopic (exact) mass is 366 g/mol. The van der Waals surface area contributed by atoms with Crippen LogP contribution in [0.15, 0.2) is 53.1 Å². The van der Waals surface area contributed by atoms with Gasteiger partial charge in [-0.2, -0.15) is 4.98 Å². The van der Waals surface area contributed by atoms with E-state index in [1.54, 1.807) is 12.1 Å². The highest BCUT2D eigenvalue weighted by Gasteiger charge is 2.09. The van der Waals surface area contributed by atoms with Gasteiger partial charge in [0.05, 0.1) is 6.61 Å². The van der Waals surface area contributed by atoms with Crippen LogP contribution in [0.4, 0.5) is 10.5 Å². The molecule has 0 aliphatic rings. The number of hydrogen-bond donors (Lipinski definition) is 2. The molecular weight excluding hydrogens is 344 g/mol. The molecule has 3 aromatic rings. The number of benzene rings is 2. The van der Waals surface area contributed by atoms with E-state index in [9.17, 15) is 4.79 Å². The number of nitrogens with zero attached hydrogens (tertiary/aromatic N) is 2. The maximum Gasteiger partial charge on any atom is 0.319 e. The second kappa shape index (κ2) is 8.84. The summed E-state index contributed by atoms with van der Waals surface area (Å²) in [5, 5.41) is 9.57. The number of urea groups is 1. The van der Waals surface area contributed by atoms with Crippen LogP contribution in [0.2, 0.25) is 0 Å². The van der Waals surface area contributed by atoms with Gasteiger partial charge in [0.15, 0.2) is 0 Å². The number of amides is 2. The number of ether oxygens (including phenoxy) is 1. The number of carbonyl (C=O) groups is 1. The van der Waals surface area contributed by atoms with E-state index in [0.29, 0.717) is 37.0 Å². The van der Waals surface area contributed by atoms with Crippen molar-refractivity contribution in [2.45, 2.75) is 26.8 Å². The van der Waals surface area contributed by atoms with Gasteiger partial charge in [-0.25, -0.2) is 4.79 Å². The highest BCUT2D eigenvalue weighted by atomic mass is 16.5. The minimum absolute atomic E-state index is 0.290. The molecule has 0 aliphatic carbocycles. The van der Waals surface area contributed by atoms with Crippen LogP contribution in [0.1, 0.15) is 25.3 Å². The number of anilines is 1. The summed E-state index contributed by atoms with van der Waals surface area (Å²) in [6, 6.07) is 14.6. The molecule has 0 atom stereocenters. The quantitative estimate of drug-likeness (QED) is 0.659. The Balaban J connectivity index is 1.56. The number of rotatable bonds is 7. The lowest BCUT2D eigenvalue weighted by Gasteiger charge is -2.11. The molecule has 27 heavy (non-hydrogen) atoms. The lowest BCUT2D eigenvalue weighted by atomic mass is 10.2. The molecule has 2 aromatic carbocycles. The van der Waals surface area contributed by atoms with Gasteiger partial charge in [-0.1, -0.05) is 30.3 Å². The molecule has 0 spiro atoms. The van der Waals surface area contributed by atoms with Crippen molar-refractivity contribution in [1.82, 2.24) is 15.5 Å². The molecule has 140 valence electrons. The summed E-state index contributed by atoms with van der Waals surface area (Å²) in [5.74, 6) is 1.91. The van der Waals surface area contributed by atoms with Crippen LogP contribution in [0.5, 0.6) is 5.75 Å². The summed E-state index contributed by atoms with van der Waals surface area (Å²) in [4.78, 5) is 16.4. The Morgan fingerprint density at radius 1 is 1.11 bits per heavy atom. The van der Waals surface area contributed by atoms with Crippen molar-refractivity contribution in [1.29, 1.82) is 0 Å². The third kappa shape index (κ3) is 4.84. The standard InChI is InChI=1S/C20H22N4O3/c1-3-18-23-19(24-27-18)14-9-11-16(12-10-14)22-20(25)21-13-15-7-5-6-8-17(15)26-4-2/h5-12H,3-4,13H2,1-2H3,(H2,21,22,25). The van der Waals surface area contributed by atoms with E-state index in [0.717, 1.165) is 16.9 Å². The fraction of sp³-hybridized carbons (Fsp3) is 0.250. The predicted molar refractivity (Wildman–Crippen MR) is 103 cm³/mol. The van der Waals surface area contributed by atoms with Crippen LogP contribution in [0.3, 0.4) is 0 Å². The Morgan fingerprint density at radius 2 is 1.89 bits per heavy atom. The fourth-order valence-electron chi connectivity index (χ4n) is 2.52. The first-order valence-corrected chi connectivity index (χ1v) is 8.88. The minimum Gasteiger partial charge on any atom is -0.494 e. The summed E-state index contributed by atoms with van der Waals surface area (Å²) < 4.78 is 10.7. The van der Waals surface area contributed by atoms with Crippen LogP contribution in [-0.4, -0.2) is 22.8 Å². The molecular formula is C20H22N4O3. The second-order valence-electron chi connectivity index (χ2n) is 5.79. The highest BCUT2D eigenvalue weighted by molar-refractivity contribution is 5.89. The van der Waals surface area contributed by atoms with Crippen LogP contribution in [0.25, 0.3) is 11.4 Å².